The number of Topliss-reactive ketones (excluding diaryl/α,β-unsaturated/α-hetero) is 1. The molecule has 0 heterocycles. The van der Waals surface area contributed by atoms with Gasteiger partial charge in [-0.1, -0.05) is 32.4 Å². The van der Waals surface area contributed by atoms with Crippen molar-refractivity contribution in [3.63, 3.8) is 0 Å². The van der Waals surface area contributed by atoms with Gasteiger partial charge in [-0.25, -0.2) is 0 Å². The van der Waals surface area contributed by atoms with Crippen LogP contribution in [-0.4, -0.2) is 12.9 Å². The Kier molecular flexibility index (Phi) is 5.75. The smallest absolute Gasteiger partial charge is 0.137 e. The number of rotatable bonds is 7. The Balaban J connectivity index is 2.34. The van der Waals surface area contributed by atoms with Crippen LogP contribution in [0.2, 0.25) is 0 Å². The molecule has 0 N–H and O–H groups in total. The van der Waals surface area contributed by atoms with E-state index in [0.29, 0.717) is 24.5 Å². The fraction of sp³-hybridized carbons (Fsp3) is 0.533. The van der Waals surface area contributed by atoms with Gasteiger partial charge in [-0.15, -0.1) is 0 Å². The zero-order chi connectivity index (χ0) is 12.7. The van der Waals surface area contributed by atoms with Crippen LogP contribution in [0.1, 0.15) is 38.7 Å². The maximum Gasteiger partial charge on any atom is 0.137 e. The Labute approximate surface area is 104 Å². The van der Waals surface area contributed by atoms with Gasteiger partial charge in [0.05, 0.1) is 7.11 Å². The maximum absolute atomic E-state index is 11.7. The van der Waals surface area contributed by atoms with Gasteiger partial charge in [0.2, 0.25) is 0 Å². The standard InChI is InChI=1S/C15H22O2/c1-12(2)5-4-6-14(16)11-13-7-9-15(17-3)10-8-13/h7-10,12H,4-6,11H2,1-3H3. The van der Waals surface area contributed by atoms with Crippen LogP contribution in [0.4, 0.5) is 0 Å². The highest BCUT2D eigenvalue weighted by Gasteiger charge is 2.04. The number of benzene rings is 1. The molecule has 0 bridgehead atoms. The van der Waals surface area contributed by atoms with E-state index in [9.17, 15) is 4.79 Å². The Bertz CT molecular complexity index is 338. The van der Waals surface area contributed by atoms with E-state index in [2.05, 4.69) is 13.8 Å². The Morgan fingerprint density at radius 3 is 2.41 bits per heavy atom. The molecule has 0 aliphatic rings. The largest absolute Gasteiger partial charge is 0.497 e. The molecule has 0 amide bonds. The van der Waals surface area contributed by atoms with Gasteiger partial charge < -0.3 is 4.74 Å². The highest BCUT2D eigenvalue weighted by atomic mass is 16.5. The van der Waals surface area contributed by atoms with E-state index >= 15 is 0 Å². The minimum atomic E-state index is 0.329. The molecular weight excluding hydrogens is 212 g/mol. The SMILES string of the molecule is COc1ccc(CC(=O)CCCC(C)C)cc1. The summed E-state index contributed by atoms with van der Waals surface area (Å²) in [6, 6.07) is 7.71. The van der Waals surface area contributed by atoms with Gasteiger partial charge in [0.1, 0.15) is 11.5 Å². The predicted molar refractivity (Wildman–Crippen MR) is 70.4 cm³/mol. The number of ketones is 1. The van der Waals surface area contributed by atoms with Crippen molar-refractivity contribution in [3.05, 3.63) is 29.8 Å². The highest BCUT2D eigenvalue weighted by molar-refractivity contribution is 5.80. The van der Waals surface area contributed by atoms with E-state index in [1.807, 2.05) is 24.3 Å². The molecule has 1 aromatic carbocycles. The molecule has 2 nitrogen and oxygen atoms in total. The summed E-state index contributed by atoms with van der Waals surface area (Å²) in [5, 5.41) is 0. The Hall–Kier alpha value is -1.31. The van der Waals surface area contributed by atoms with Gasteiger partial charge in [-0.2, -0.15) is 0 Å². The molecule has 0 aliphatic carbocycles. The Morgan fingerprint density at radius 2 is 1.88 bits per heavy atom. The fourth-order valence-corrected chi connectivity index (χ4v) is 1.77. The van der Waals surface area contributed by atoms with Crippen molar-refractivity contribution in [2.24, 2.45) is 5.92 Å². The first kappa shape index (κ1) is 13.8. The monoisotopic (exact) mass is 234 g/mol. The molecular formula is C15H22O2. The summed E-state index contributed by atoms with van der Waals surface area (Å²) in [5.74, 6) is 1.85. The van der Waals surface area contributed by atoms with Crippen LogP contribution in [-0.2, 0) is 11.2 Å². The lowest BCUT2D eigenvalue weighted by Crippen LogP contribution is -2.03. The first-order valence-electron chi connectivity index (χ1n) is 6.26. The van der Waals surface area contributed by atoms with Gasteiger partial charge in [0.25, 0.3) is 0 Å². The lowest BCUT2D eigenvalue weighted by molar-refractivity contribution is -0.118. The normalized spacial score (nSPS) is 10.6. The minimum Gasteiger partial charge on any atom is -0.497 e. The number of carbonyl (C=O) groups is 1. The molecule has 0 saturated carbocycles. The molecule has 0 atom stereocenters. The summed E-state index contributed by atoms with van der Waals surface area (Å²) in [5.41, 5.74) is 1.07. The van der Waals surface area contributed by atoms with E-state index in [0.717, 1.165) is 24.2 Å². The average molecular weight is 234 g/mol. The van der Waals surface area contributed by atoms with Crippen molar-refractivity contribution in [2.45, 2.75) is 39.5 Å². The second kappa shape index (κ2) is 7.10. The third-order valence-electron chi connectivity index (χ3n) is 2.80. The third-order valence-corrected chi connectivity index (χ3v) is 2.80. The van der Waals surface area contributed by atoms with Crippen molar-refractivity contribution < 1.29 is 9.53 Å². The van der Waals surface area contributed by atoms with Crippen molar-refractivity contribution in [2.75, 3.05) is 7.11 Å². The lowest BCUT2D eigenvalue weighted by atomic mass is 10.0. The van der Waals surface area contributed by atoms with Crippen molar-refractivity contribution >= 4 is 5.78 Å². The molecule has 94 valence electrons. The van der Waals surface area contributed by atoms with Crippen LogP contribution in [0.15, 0.2) is 24.3 Å². The second-order valence-corrected chi connectivity index (χ2v) is 4.85. The first-order chi connectivity index (χ1) is 8.11. The molecule has 1 aromatic rings. The number of hydrogen-bond donors (Lipinski definition) is 0. The van der Waals surface area contributed by atoms with Crippen molar-refractivity contribution in [1.29, 1.82) is 0 Å². The number of ether oxygens (including phenoxy) is 1. The van der Waals surface area contributed by atoms with E-state index < -0.39 is 0 Å². The molecule has 0 unspecified atom stereocenters. The minimum absolute atomic E-state index is 0.329. The zero-order valence-corrected chi connectivity index (χ0v) is 11.0. The maximum atomic E-state index is 11.7. The number of methoxy groups -OCH3 is 1. The molecule has 0 aromatic heterocycles. The van der Waals surface area contributed by atoms with Gasteiger partial charge >= 0.3 is 0 Å². The highest BCUT2D eigenvalue weighted by Crippen LogP contribution is 2.13. The van der Waals surface area contributed by atoms with Crippen LogP contribution < -0.4 is 4.74 Å². The van der Waals surface area contributed by atoms with Gasteiger partial charge in [0, 0.05) is 12.8 Å². The zero-order valence-electron chi connectivity index (χ0n) is 11.0. The first-order valence-corrected chi connectivity index (χ1v) is 6.26. The van der Waals surface area contributed by atoms with Crippen LogP contribution in [0, 0.1) is 5.92 Å². The van der Waals surface area contributed by atoms with Crippen LogP contribution in [0.3, 0.4) is 0 Å². The van der Waals surface area contributed by atoms with Crippen LogP contribution >= 0.6 is 0 Å². The molecule has 2 heteroatoms. The summed E-state index contributed by atoms with van der Waals surface area (Å²) in [6.45, 7) is 4.38. The van der Waals surface area contributed by atoms with Crippen molar-refractivity contribution in [1.82, 2.24) is 0 Å². The lowest BCUT2D eigenvalue weighted by Gasteiger charge is -2.05. The summed E-state index contributed by atoms with van der Waals surface area (Å²) in [6.07, 6.45) is 3.38. The van der Waals surface area contributed by atoms with Crippen LogP contribution in [0.5, 0.6) is 5.75 Å². The second-order valence-electron chi connectivity index (χ2n) is 4.85. The summed E-state index contributed by atoms with van der Waals surface area (Å²) in [4.78, 5) is 11.7. The summed E-state index contributed by atoms with van der Waals surface area (Å²) < 4.78 is 5.08. The van der Waals surface area contributed by atoms with E-state index in [4.69, 9.17) is 4.74 Å². The summed E-state index contributed by atoms with van der Waals surface area (Å²) in [7, 11) is 1.64. The molecule has 1 rings (SSSR count). The number of carbonyl (C=O) groups excluding carboxylic acids is 1. The Morgan fingerprint density at radius 1 is 1.24 bits per heavy atom. The quantitative estimate of drug-likeness (QED) is 0.720. The van der Waals surface area contributed by atoms with Gasteiger partial charge in [0.15, 0.2) is 0 Å². The molecule has 0 aliphatic heterocycles. The number of hydrogen-bond acceptors (Lipinski definition) is 2. The average Bonchev–Trinajstić information content (AvgIpc) is 2.29. The van der Waals surface area contributed by atoms with Gasteiger partial charge in [-0.3, -0.25) is 4.79 Å². The molecule has 0 spiro atoms. The molecule has 0 fully saturated rings. The molecule has 0 radical (unpaired) electrons. The van der Waals surface area contributed by atoms with Crippen LogP contribution in [0.25, 0.3) is 0 Å². The fourth-order valence-electron chi connectivity index (χ4n) is 1.77. The summed E-state index contributed by atoms with van der Waals surface area (Å²) >= 11 is 0. The topological polar surface area (TPSA) is 26.3 Å². The van der Waals surface area contributed by atoms with Gasteiger partial charge in [-0.05, 0) is 30.0 Å². The van der Waals surface area contributed by atoms with E-state index in [-0.39, 0.29) is 0 Å². The molecule has 0 saturated heterocycles. The van der Waals surface area contributed by atoms with E-state index in [1.54, 1.807) is 7.11 Å². The van der Waals surface area contributed by atoms with Crippen molar-refractivity contribution in [3.8, 4) is 5.75 Å². The predicted octanol–water partition coefficient (Wildman–Crippen LogP) is 3.63. The van der Waals surface area contributed by atoms with E-state index in [1.165, 1.54) is 0 Å². The third kappa shape index (κ3) is 5.53. The molecule has 17 heavy (non-hydrogen) atoms.